The van der Waals surface area contributed by atoms with E-state index in [2.05, 4.69) is 5.32 Å². The number of hydrogen-bond acceptors (Lipinski definition) is 4. The molecule has 0 fully saturated rings. The fourth-order valence-corrected chi connectivity index (χ4v) is 5.52. The van der Waals surface area contributed by atoms with E-state index in [1.165, 1.54) is 41.3 Å². The first kappa shape index (κ1) is 31.4. The predicted molar refractivity (Wildman–Crippen MR) is 157 cm³/mol. The number of halogens is 3. The second-order valence-corrected chi connectivity index (χ2v) is 13.2. The zero-order valence-electron chi connectivity index (χ0n) is 22.7. The highest BCUT2D eigenvalue weighted by molar-refractivity contribution is 7.92. The van der Waals surface area contributed by atoms with E-state index in [0.717, 1.165) is 16.1 Å². The first-order chi connectivity index (χ1) is 18.7. The number of amides is 2. The number of carbonyl (C=O) groups excluding carboxylic acids is 2. The molecule has 0 saturated heterocycles. The fourth-order valence-electron chi connectivity index (χ4n) is 4.10. The maximum atomic E-state index is 14.8. The van der Waals surface area contributed by atoms with Crippen molar-refractivity contribution in [3.8, 4) is 0 Å². The van der Waals surface area contributed by atoms with Crippen LogP contribution in [0.25, 0.3) is 0 Å². The molecule has 0 bridgehead atoms. The van der Waals surface area contributed by atoms with Crippen molar-refractivity contribution in [3.63, 3.8) is 0 Å². The van der Waals surface area contributed by atoms with Crippen LogP contribution in [0, 0.1) is 5.82 Å². The number of anilines is 1. The molecule has 0 heterocycles. The Kier molecular flexibility index (Phi) is 10.2. The molecule has 0 saturated carbocycles. The molecule has 7 nitrogen and oxygen atoms in total. The van der Waals surface area contributed by atoms with Crippen LogP contribution in [0.15, 0.2) is 72.8 Å². The van der Waals surface area contributed by atoms with Gasteiger partial charge in [-0.1, -0.05) is 71.7 Å². The van der Waals surface area contributed by atoms with Gasteiger partial charge in [-0.3, -0.25) is 13.9 Å². The van der Waals surface area contributed by atoms with Crippen LogP contribution in [0.2, 0.25) is 10.0 Å². The van der Waals surface area contributed by atoms with Crippen LogP contribution in [0.1, 0.15) is 31.9 Å². The van der Waals surface area contributed by atoms with E-state index in [-0.39, 0.29) is 34.3 Å². The van der Waals surface area contributed by atoms with Crippen molar-refractivity contribution in [1.82, 2.24) is 10.2 Å². The molecule has 0 aliphatic carbocycles. The zero-order chi connectivity index (χ0) is 29.7. The molecular formula is C29H32Cl2FN3O4S. The van der Waals surface area contributed by atoms with Gasteiger partial charge in [0.2, 0.25) is 21.8 Å². The summed E-state index contributed by atoms with van der Waals surface area (Å²) >= 11 is 12.3. The number of nitrogens with zero attached hydrogens (tertiary/aromatic N) is 2. The van der Waals surface area contributed by atoms with Crippen LogP contribution in [0.5, 0.6) is 0 Å². The number of rotatable bonds is 10. The lowest BCUT2D eigenvalue weighted by atomic mass is 10.0. The highest BCUT2D eigenvalue weighted by Gasteiger charge is 2.35. The molecule has 11 heteroatoms. The first-order valence-electron chi connectivity index (χ1n) is 12.5. The van der Waals surface area contributed by atoms with Gasteiger partial charge >= 0.3 is 0 Å². The van der Waals surface area contributed by atoms with Gasteiger partial charge in [-0.2, -0.15) is 0 Å². The first-order valence-corrected chi connectivity index (χ1v) is 15.1. The summed E-state index contributed by atoms with van der Waals surface area (Å²) in [5.74, 6) is -1.74. The number of carbonyl (C=O) groups is 2. The van der Waals surface area contributed by atoms with Crippen molar-refractivity contribution < 1.29 is 22.4 Å². The van der Waals surface area contributed by atoms with Crippen LogP contribution in [-0.2, 0) is 32.6 Å². The number of sulfonamides is 1. The highest BCUT2D eigenvalue weighted by Crippen LogP contribution is 2.31. The van der Waals surface area contributed by atoms with Gasteiger partial charge in [-0.05, 0) is 50.6 Å². The minimum absolute atomic E-state index is 0.0256. The second-order valence-electron chi connectivity index (χ2n) is 10.4. The van der Waals surface area contributed by atoms with Gasteiger partial charge in [0.1, 0.15) is 18.4 Å². The summed E-state index contributed by atoms with van der Waals surface area (Å²) in [5, 5.41) is 3.23. The lowest BCUT2D eigenvalue weighted by Crippen LogP contribution is -2.56. The number of benzene rings is 3. The lowest BCUT2D eigenvalue weighted by molar-refractivity contribution is -0.140. The number of hydrogen-bond donors (Lipinski definition) is 1. The van der Waals surface area contributed by atoms with Crippen LogP contribution in [0.4, 0.5) is 10.1 Å². The molecule has 40 heavy (non-hydrogen) atoms. The van der Waals surface area contributed by atoms with Crippen molar-refractivity contribution >= 4 is 50.7 Å². The van der Waals surface area contributed by atoms with Crippen molar-refractivity contribution in [2.24, 2.45) is 0 Å². The third kappa shape index (κ3) is 8.68. The SMILES string of the molecule is CC(C)(C)NC(=O)[C@H](Cc1ccccc1)N(Cc1ccccc1F)C(=O)CN(c1ccc(Cl)cc1Cl)S(C)(=O)=O. The molecule has 0 aliphatic heterocycles. The van der Waals surface area contributed by atoms with E-state index < -0.39 is 45.8 Å². The van der Waals surface area contributed by atoms with E-state index in [1.54, 1.807) is 26.8 Å². The summed E-state index contributed by atoms with van der Waals surface area (Å²) in [7, 11) is -4.01. The molecule has 3 rings (SSSR count). The number of nitrogens with one attached hydrogen (secondary N) is 1. The summed E-state index contributed by atoms with van der Waals surface area (Å²) in [6, 6.07) is 18.1. The van der Waals surface area contributed by atoms with Gasteiger partial charge in [0.05, 0.1) is 17.0 Å². The summed E-state index contributed by atoms with van der Waals surface area (Å²) in [4.78, 5) is 28.9. The van der Waals surface area contributed by atoms with E-state index in [1.807, 2.05) is 30.3 Å². The van der Waals surface area contributed by atoms with Gasteiger partial charge in [0.25, 0.3) is 0 Å². The Morgan fingerprint density at radius 3 is 2.17 bits per heavy atom. The summed E-state index contributed by atoms with van der Waals surface area (Å²) in [6.07, 6.45) is 1.06. The minimum atomic E-state index is -4.01. The molecule has 3 aromatic carbocycles. The molecule has 0 radical (unpaired) electrons. The quantitative estimate of drug-likeness (QED) is 0.332. The van der Waals surface area contributed by atoms with Gasteiger partial charge in [0.15, 0.2) is 0 Å². The van der Waals surface area contributed by atoms with Crippen LogP contribution < -0.4 is 9.62 Å². The molecule has 0 spiro atoms. The standard InChI is InChI=1S/C29H32Cl2FN3O4S/c1-29(2,3)33-28(37)26(16-20-10-6-5-7-11-20)34(18-21-12-8-9-13-24(21)32)27(36)19-35(40(4,38)39)25-15-14-22(30)17-23(25)31/h5-15,17,26H,16,18-19H2,1-4H3,(H,33,37)/t26-/m0/s1. The lowest BCUT2D eigenvalue weighted by Gasteiger charge is -2.35. The molecule has 2 amide bonds. The van der Waals surface area contributed by atoms with Crippen molar-refractivity contribution in [3.05, 3.63) is 99.8 Å². The molecular weight excluding hydrogens is 576 g/mol. The van der Waals surface area contributed by atoms with Gasteiger partial charge < -0.3 is 10.2 Å². The van der Waals surface area contributed by atoms with Crippen LogP contribution >= 0.6 is 23.2 Å². The molecule has 214 valence electrons. The van der Waals surface area contributed by atoms with Crippen LogP contribution in [-0.4, -0.2) is 49.5 Å². The maximum absolute atomic E-state index is 14.8. The normalized spacial score (nSPS) is 12.5. The van der Waals surface area contributed by atoms with Crippen molar-refractivity contribution in [2.45, 2.75) is 45.3 Å². The summed E-state index contributed by atoms with van der Waals surface area (Å²) in [5.41, 5.74) is 0.358. The molecule has 1 N–H and O–H groups in total. The van der Waals surface area contributed by atoms with Crippen molar-refractivity contribution in [1.29, 1.82) is 0 Å². The minimum Gasteiger partial charge on any atom is -0.350 e. The summed E-state index contributed by atoms with van der Waals surface area (Å²) in [6.45, 7) is 4.47. The molecule has 0 aromatic heterocycles. The molecule has 0 aliphatic rings. The Hall–Kier alpha value is -3.14. The Labute approximate surface area is 244 Å². The van der Waals surface area contributed by atoms with Crippen molar-refractivity contribution in [2.75, 3.05) is 17.1 Å². The van der Waals surface area contributed by atoms with E-state index in [9.17, 15) is 22.4 Å². The zero-order valence-corrected chi connectivity index (χ0v) is 25.0. The smallest absolute Gasteiger partial charge is 0.244 e. The Bertz CT molecular complexity index is 1460. The Morgan fingerprint density at radius 2 is 1.60 bits per heavy atom. The van der Waals surface area contributed by atoms with Gasteiger partial charge in [0, 0.05) is 29.1 Å². The largest absolute Gasteiger partial charge is 0.350 e. The van der Waals surface area contributed by atoms with E-state index in [4.69, 9.17) is 23.2 Å². The fraction of sp³-hybridized carbons (Fsp3) is 0.310. The third-order valence-electron chi connectivity index (χ3n) is 5.93. The summed E-state index contributed by atoms with van der Waals surface area (Å²) < 4.78 is 41.4. The van der Waals surface area contributed by atoms with Crippen LogP contribution in [0.3, 0.4) is 0 Å². The molecule has 1 atom stereocenters. The monoisotopic (exact) mass is 607 g/mol. The molecule has 0 unspecified atom stereocenters. The Balaban J connectivity index is 2.10. The Morgan fingerprint density at radius 1 is 0.975 bits per heavy atom. The van der Waals surface area contributed by atoms with E-state index >= 15 is 0 Å². The molecule has 3 aromatic rings. The topological polar surface area (TPSA) is 86.8 Å². The van der Waals surface area contributed by atoms with E-state index in [0.29, 0.717) is 0 Å². The maximum Gasteiger partial charge on any atom is 0.244 e. The van der Waals surface area contributed by atoms with Gasteiger partial charge in [-0.25, -0.2) is 12.8 Å². The van der Waals surface area contributed by atoms with Gasteiger partial charge in [-0.15, -0.1) is 0 Å². The third-order valence-corrected chi connectivity index (χ3v) is 7.59. The average Bonchev–Trinajstić information content (AvgIpc) is 2.85. The average molecular weight is 609 g/mol. The highest BCUT2D eigenvalue weighted by atomic mass is 35.5. The second kappa shape index (κ2) is 13.0. The predicted octanol–water partition coefficient (Wildman–Crippen LogP) is 5.45.